The van der Waals surface area contributed by atoms with E-state index in [1.165, 1.54) is 32.8 Å². The summed E-state index contributed by atoms with van der Waals surface area (Å²) in [6.45, 7) is 9.45. The van der Waals surface area contributed by atoms with Crippen molar-refractivity contribution in [1.82, 2.24) is 0 Å². The van der Waals surface area contributed by atoms with E-state index in [1.54, 1.807) is 0 Å². The van der Waals surface area contributed by atoms with Gasteiger partial charge in [0.1, 0.15) is 0 Å². The van der Waals surface area contributed by atoms with Crippen LogP contribution >= 0.6 is 0 Å². The van der Waals surface area contributed by atoms with Gasteiger partial charge >= 0.3 is 115 Å². The first-order valence-electron chi connectivity index (χ1n) is 5.78. The molecule has 0 aromatic carbocycles. The van der Waals surface area contributed by atoms with Crippen molar-refractivity contribution in [2.75, 3.05) is 0 Å². The van der Waals surface area contributed by atoms with Crippen LogP contribution in [-0.4, -0.2) is 40.0 Å². The molecule has 0 saturated heterocycles. The van der Waals surface area contributed by atoms with E-state index in [0.29, 0.717) is 10.8 Å². The first-order chi connectivity index (χ1) is 7.26. The average Bonchev–Trinajstić information content (AvgIpc) is 2.17. The van der Waals surface area contributed by atoms with Gasteiger partial charge in [0.2, 0.25) is 0 Å². The van der Waals surface area contributed by atoms with Gasteiger partial charge in [-0.15, -0.1) is 0 Å². The number of hydrogen-bond acceptors (Lipinski definition) is 0. The van der Waals surface area contributed by atoms with Crippen molar-refractivity contribution in [1.29, 1.82) is 0 Å². The van der Waals surface area contributed by atoms with E-state index in [0.717, 1.165) is 0 Å². The quantitative estimate of drug-likeness (QED) is 0.592. The minimum atomic E-state index is 0.297. The van der Waals surface area contributed by atoms with Crippen LogP contribution in [0.1, 0.15) is 40.5 Å². The van der Waals surface area contributed by atoms with Crippen molar-refractivity contribution < 1.29 is 0 Å². The van der Waals surface area contributed by atoms with E-state index < -0.39 is 0 Å². The standard InChI is InChI=1S/C14H18Se2/c1-13(2)7-8-14(3,4)11-9(13)5-6-10(15)12(11)16/h5-6H,7-8H2,1-4H3. The molecule has 0 atom stereocenters. The molecule has 86 valence electrons. The van der Waals surface area contributed by atoms with Crippen LogP contribution in [0.2, 0.25) is 0 Å². The van der Waals surface area contributed by atoms with E-state index in [9.17, 15) is 0 Å². The molecule has 2 aliphatic rings. The third kappa shape index (κ3) is 1.91. The van der Waals surface area contributed by atoms with Crippen molar-refractivity contribution in [3.8, 4) is 0 Å². The van der Waals surface area contributed by atoms with E-state index in [-0.39, 0.29) is 0 Å². The number of allylic oxidation sites excluding steroid dienone is 4. The molecule has 0 unspecified atom stereocenters. The maximum atomic E-state index is 3.26. The molecule has 2 rings (SSSR count). The van der Waals surface area contributed by atoms with Gasteiger partial charge < -0.3 is 0 Å². The number of hydrogen-bond donors (Lipinski definition) is 0. The molecule has 0 nitrogen and oxygen atoms in total. The molecular weight excluding hydrogens is 326 g/mol. The van der Waals surface area contributed by atoms with Gasteiger partial charge in [-0.25, -0.2) is 0 Å². The van der Waals surface area contributed by atoms with Gasteiger partial charge in [0.05, 0.1) is 0 Å². The van der Waals surface area contributed by atoms with Crippen LogP contribution in [0.5, 0.6) is 0 Å². The summed E-state index contributed by atoms with van der Waals surface area (Å²) in [7, 11) is 0. The van der Waals surface area contributed by atoms with Gasteiger partial charge in [0.25, 0.3) is 0 Å². The Morgan fingerprint density at radius 3 is 2.12 bits per heavy atom. The molecule has 0 spiro atoms. The van der Waals surface area contributed by atoms with Crippen molar-refractivity contribution >= 4 is 40.0 Å². The number of rotatable bonds is 0. The van der Waals surface area contributed by atoms with Crippen molar-refractivity contribution in [3.63, 3.8) is 0 Å². The summed E-state index contributed by atoms with van der Waals surface area (Å²) in [5.41, 5.74) is 3.67. The molecule has 0 aromatic rings. The second kappa shape index (κ2) is 3.88. The molecule has 16 heavy (non-hydrogen) atoms. The molecule has 0 saturated carbocycles. The van der Waals surface area contributed by atoms with Crippen LogP contribution in [0, 0.1) is 10.8 Å². The third-order valence-corrected chi connectivity index (χ3v) is 6.16. The average molecular weight is 344 g/mol. The molecule has 2 heteroatoms. The SMILES string of the molecule is CC1(C)CCC(C)(C)C2=C1C=CC(=[Se])C2=[Se]. The fraction of sp³-hybridized carbons (Fsp3) is 0.571. The zero-order valence-corrected chi connectivity index (χ0v) is 13.8. The van der Waals surface area contributed by atoms with Gasteiger partial charge in [-0.3, -0.25) is 0 Å². The minimum absolute atomic E-state index is 0.297. The summed E-state index contributed by atoms with van der Waals surface area (Å²) >= 11 is 6.41. The maximum absolute atomic E-state index is 3.26. The normalized spacial score (nSPS) is 27.0. The fourth-order valence-electron chi connectivity index (χ4n) is 2.68. The van der Waals surface area contributed by atoms with E-state index in [1.807, 2.05) is 0 Å². The van der Waals surface area contributed by atoms with E-state index in [2.05, 4.69) is 71.0 Å². The van der Waals surface area contributed by atoms with Crippen LogP contribution in [0.4, 0.5) is 0 Å². The molecular formula is C14H18Se2. The topological polar surface area (TPSA) is 0 Å². The molecule has 0 bridgehead atoms. The van der Waals surface area contributed by atoms with Crippen LogP contribution in [0.25, 0.3) is 0 Å². The molecule has 0 N–H and O–H groups in total. The predicted molar refractivity (Wildman–Crippen MR) is 74.5 cm³/mol. The van der Waals surface area contributed by atoms with Crippen LogP contribution in [0.3, 0.4) is 0 Å². The summed E-state index contributed by atoms with van der Waals surface area (Å²) < 4.78 is 2.58. The predicted octanol–water partition coefficient (Wildman–Crippen LogP) is 2.38. The van der Waals surface area contributed by atoms with E-state index in [4.69, 9.17) is 0 Å². The summed E-state index contributed by atoms with van der Waals surface area (Å²) in [4.78, 5) is 0. The van der Waals surface area contributed by atoms with Crippen LogP contribution < -0.4 is 0 Å². The Balaban J connectivity index is 2.66. The van der Waals surface area contributed by atoms with Gasteiger partial charge in [0.15, 0.2) is 0 Å². The molecule has 0 aliphatic heterocycles. The Labute approximate surface area is 114 Å². The summed E-state index contributed by atoms with van der Waals surface area (Å²) in [5, 5.41) is 0. The monoisotopic (exact) mass is 346 g/mol. The summed E-state index contributed by atoms with van der Waals surface area (Å²) in [5.74, 6) is 0. The van der Waals surface area contributed by atoms with Crippen LogP contribution in [-0.2, 0) is 0 Å². The van der Waals surface area contributed by atoms with Crippen LogP contribution in [0.15, 0.2) is 23.3 Å². The Morgan fingerprint density at radius 1 is 0.938 bits per heavy atom. The molecule has 0 heterocycles. The van der Waals surface area contributed by atoms with Crippen molar-refractivity contribution in [2.24, 2.45) is 10.8 Å². The zero-order chi connectivity index (χ0) is 12.1. The molecule has 0 radical (unpaired) electrons. The molecule has 0 amide bonds. The Morgan fingerprint density at radius 2 is 1.50 bits per heavy atom. The van der Waals surface area contributed by atoms with Crippen molar-refractivity contribution in [2.45, 2.75) is 40.5 Å². The van der Waals surface area contributed by atoms with Gasteiger partial charge in [-0.2, -0.15) is 0 Å². The molecule has 0 aromatic heterocycles. The van der Waals surface area contributed by atoms with Gasteiger partial charge in [-0.1, -0.05) is 0 Å². The van der Waals surface area contributed by atoms with Gasteiger partial charge in [0, 0.05) is 0 Å². The molecule has 2 aliphatic carbocycles. The fourth-order valence-corrected chi connectivity index (χ4v) is 3.99. The second-order valence-corrected chi connectivity index (χ2v) is 7.86. The van der Waals surface area contributed by atoms with Crippen molar-refractivity contribution in [3.05, 3.63) is 23.3 Å². The third-order valence-electron chi connectivity index (χ3n) is 3.90. The van der Waals surface area contributed by atoms with E-state index >= 15 is 0 Å². The summed E-state index contributed by atoms with van der Waals surface area (Å²) in [6, 6.07) is 0. The first kappa shape index (κ1) is 12.7. The summed E-state index contributed by atoms with van der Waals surface area (Å²) in [6.07, 6.45) is 7.06. The Kier molecular flexibility index (Phi) is 3.09. The van der Waals surface area contributed by atoms with Gasteiger partial charge in [-0.05, 0) is 0 Å². The Bertz CT molecular complexity index is 434. The first-order valence-corrected chi connectivity index (χ1v) is 7.49. The second-order valence-electron chi connectivity index (χ2n) is 6.08. The zero-order valence-electron chi connectivity index (χ0n) is 10.4. The Hall–Kier alpha value is 0.259. The molecule has 0 fully saturated rings.